The number of imide groups is 1. The molecule has 4 nitrogen and oxygen atoms in total. The molecule has 1 spiro atoms. The van der Waals surface area contributed by atoms with Crippen molar-refractivity contribution in [3.8, 4) is 0 Å². The molecule has 3 rings (SSSR count). The molecule has 2 aliphatic rings. The van der Waals surface area contributed by atoms with Crippen LogP contribution in [0.4, 0.5) is 9.18 Å². The van der Waals surface area contributed by atoms with Crippen molar-refractivity contribution in [2.24, 2.45) is 5.92 Å². The van der Waals surface area contributed by atoms with Gasteiger partial charge in [-0.15, -0.1) is 0 Å². The molecule has 6 heteroatoms. The lowest BCUT2D eigenvalue weighted by molar-refractivity contribution is -0.133. The molecule has 1 saturated heterocycles. The van der Waals surface area contributed by atoms with Gasteiger partial charge in [-0.3, -0.25) is 9.69 Å². The van der Waals surface area contributed by atoms with E-state index in [0.717, 1.165) is 17.7 Å². The van der Waals surface area contributed by atoms with Gasteiger partial charge in [0, 0.05) is 10.6 Å². The first-order chi connectivity index (χ1) is 10.4. The number of hydrogen-bond donors (Lipinski definition) is 1. The average Bonchev–Trinajstić information content (AvgIpc) is 2.70. The Balaban J connectivity index is 1.84. The van der Waals surface area contributed by atoms with E-state index in [9.17, 15) is 14.0 Å². The topological polar surface area (TPSA) is 49.4 Å². The number of urea groups is 1. The van der Waals surface area contributed by atoms with Gasteiger partial charge in [-0.25, -0.2) is 9.18 Å². The number of halogens is 2. The van der Waals surface area contributed by atoms with Gasteiger partial charge in [-0.05, 0) is 43.7 Å². The summed E-state index contributed by atoms with van der Waals surface area (Å²) in [6.07, 6.45) is 3.08. The quantitative estimate of drug-likeness (QED) is 0.847. The summed E-state index contributed by atoms with van der Waals surface area (Å²) >= 11 is 5.99. The van der Waals surface area contributed by atoms with Crippen molar-refractivity contribution in [1.29, 1.82) is 0 Å². The molecule has 22 heavy (non-hydrogen) atoms. The third-order valence-electron chi connectivity index (χ3n) is 4.75. The Bertz CT molecular complexity index is 606. The largest absolute Gasteiger partial charge is 0.325 e. The fourth-order valence-corrected chi connectivity index (χ4v) is 3.48. The van der Waals surface area contributed by atoms with Crippen molar-refractivity contribution in [1.82, 2.24) is 10.2 Å². The molecular formula is C16H18ClFN2O2. The van der Waals surface area contributed by atoms with Crippen molar-refractivity contribution < 1.29 is 14.0 Å². The highest BCUT2D eigenvalue weighted by Crippen LogP contribution is 2.37. The Morgan fingerprint density at radius 2 is 2.05 bits per heavy atom. The first-order valence-electron chi connectivity index (χ1n) is 7.50. The van der Waals surface area contributed by atoms with Crippen molar-refractivity contribution in [3.63, 3.8) is 0 Å². The van der Waals surface area contributed by atoms with Crippen LogP contribution in [0.5, 0.6) is 0 Å². The van der Waals surface area contributed by atoms with Crippen molar-refractivity contribution in [2.75, 3.05) is 0 Å². The normalized spacial score (nSPS) is 28.3. The summed E-state index contributed by atoms with van der Waals surface area (Å²) in [4.78, 5) is 26.0. The predicted molar refractivity (Wildman–Crippen MR) is 80.9 cm³/mol. The van der Waals surface area contributed by atoms with Crippen molar-refractivity contribution >= 4 is 23.5 Å². The van der Waals surface area contributed by atoms with Crippen LogP contribution in [0.25, 0.3) is 0 Å². The number of rotatable bonds is 2. The van der Waals surface area contributed by atoms with Crippen LogP contribution in [0.3, 0.4) is 0 Å². The van der Waals surface area contributed by atoms with Gasteiger partial charge in [0.15, 0.2) is 0 Å². The SMILES string of the molecule is CC1CCC2(CC1)NC(=O)N(Cc1c(F)cccc1Cl)C2=O. The van der Waals surface area contributed by atoms with Gasteiger partial charge in [-0.1, -0.05) is 24.6 Å². The van der Waals surface area contributed by atoms with Gasteiger partial charge >= 0.3 is 6.03 Å². The van der Waals surface area contributed by atoms with E-state index in [0.29, 0.717) is 18.8 Å². The number of hydrogen-bond acceptors (Lipinski definition) is 2. The molecule has 0 bridgehead atoms. The molecule has 1 saturated carbocycles. The number of carbonyl (C=O) groups is 2. The van der Waals surface area contributed by atoms with Gasteiger partial charge in [0.05, 0.1) is 6.54 Å². The molecule has 1 N–H and O–H groups in total. The number of nitrogens with zero attached hydrogens (tertiary/aromatic N) is 1. The zero-order valence-corrected chi connectivity index (χ0v) is 13.1. The fraction of sp³-hybridized carbons (Fsp3) is 0.500. The van der Waals surface area contributed by atoms with Crippen LogP contribution in [0.2, 0.25) is 5.02 Å². The smallest absolute Gasteiger partial charge is 0.323 e. The van der Waals surface area contributed by atoms with Crippen LogP contribution in [0.1, 0.15) is 38.2 Å². The molecule has 0 unspecified atom stereocenters. The van der Waals surface area contributed by atoms with Gasteiger partial charge < -0.3 is 5.32 Å². The van der Waals surface area contributed by atoms with E-state index >= 15 is 0 Å². The highest BCUT2D eigenvalue weighted by molar-refractivity contribution is 6.31. The Morgan fingerprint density at radius 3 is 2.68 bits per heavy atom. The lowest BCUT2D eigenvalue weighted by Crippen LogP contribution is -2.49. The van der Waals surface area contributed by atoms with E-state index in [1.807, 2.05) is 0 Å². The molecule has 2 fully saturated rings. The van der Waals surface area contributed by atoms with Gasteiger partial charge in [0.25, 0.3) is 5.91 Å². The van der Waals surface area contributed by atoms with Crippen molar-refractivity contribution in [3.05, 3.63) is 34.6 Å². The summed E-state index contributed by atoms with van der Waals surface area (Å²) < 4.78 is 13.9. The van der Waals surface area contributed by atoms with E-state index in [1.165, 1.54) is 12.1 Å². The number of benzene rings is 1. The summed E-state index contributed by atoms with van der Waals surface area (Å²) in [7, 11) is 0. The molecule has 0 aromatic heterocycles. The van der Waals surface area contributed by atoms with E-state index in [-0.39, 0.29) is 23.0 Å². The molecule has 3 amide bonds. The lowest BCUT2D eigenvalue weighted by atomic mass is 9.77. The highest BCUT2D eigenvalue weighted by Gasteiger charge is 2.52. The van der Waals surface area contributed by atoms with Crippen LogP contribution in [-0.4, -0.2) is 22.4 Å². The Kier molecular flexibility index (Phi) is 3.85. The number of amides is 3. The summed E-state index contributed by atoms with van der Waals surface area (Å²) in [5.74, 6) is -0.208. The number of nitrogens with one attached hydrogen (secondary N) is 1. The third-order valence-corrected chi connectivity index (χ3v) is 5.11. The molecule has 1 aliphatic carbocycles. The first kappa shape index (κ1) is 15.3. The molecule has 1 aromatic rings. The summed E-state index contributed by atoms with van der Waals surface area (Å²) in [6.45, 7) is 2.01. The van der Waals surface area contributed by atoms with E-state index < -0.39 is 17.4 Å². The molecule has 1 aliphatic heterocycles. The number of carbonyl (C=O) groups excluding carboxylic acids is 2. The van der Waals surface area contributed by atoms with Gasteiger partial charge in [0.2, 0.25) is 0 Å². The monoisotopic (exact) mass is 324 g/mol. The first-order valence-corrected chi connectivity index (χ1v) is 7.88. The van der Waals surface area contributed by atoms with Crippen LogP contribution in [0, 0.1) is 11.7 Å². The molecule has 0 radical (unpaired) electrons. The zero-order chi connectivity index (χ0) is 15.9. The second-order valence-electron chi connectivity index (χ2n) is 6.29. The van der Waals surface area contributed by atoms with E-state index in [1.54, 1.807) is 6.07 Å². The maximum atomic E-state index is 13.9. The lowest BCUT2D eigenvalue weighted by Gasteiger charge is -2.33. The van der Waals surface area contributed by atoms with E-state index in [4.69, 9.17) is 11.6 Å². The molecule has 1 aromatic carbocycles. The second kappa shape index (κ2) is 5.54. The predicted octanol–water partition coefficient (Wildman–Crippen LogP) is 3.48. The minimum absolute atomic E-state index is 0.131. The summed E-state index contributed by atoms with van der Waals surface area (Å²) in [5, 5.41) is 3.04. The van der Waals surface area contributed by atoms with Crippen LogP contribution in [0.15, 0.2) is 18.2 Å². The van der Waals surface area contributed by atoms with E-state index in [2.05, 4.69) is 12.2 Å². The standard InChI is InChI=1S/C16H18ClFN2O2/c1-10-5-7-16(8-6-10)14(21)20(15(22)19-16)9-11-12(17)3-2-4-13(11)18/h2-4,10H,5-9H2,1H3,(H,19,22). The zero-order valence-electron chi connectivity index (χ0n) is 12.4. The molecule has 0 atom stereocenters. The highest BCUT2D eigenvalue weighted by atomic mass is 35.5. The minimum atomic E-state index is -0.804. The molecule has 1 heterocycles. The Morgan fingerprint density at radius 1 is 1.36 bits per heavy atom. The molecular weight excluding hydrogens is 307 g/mol. The average molecular weight is 325 g/mol. The van der Waals surface area contributed by atoms with Crippen LogP contribution < -0.4 is 5.32 Å². The summed E-state index contributed by atoms with van der Waals surface area (Å²) in [5.41, 5.74) is -0.629. The maximum Gasteiger partial charge on any atom is 0.325 e. The van der Waals surface area contributed by atoms with Gasteiger partial charge in [-0.2, -0.15) is 0 Å². The molecule has 118 valence electrons. The third kappa shape index (κ3) is 2.47. The van der Waals surface area contributed by atoms with Crippen molar-refractivity contribution in [2.45, 2.75) is 44.7 Å². The summed E-state index contributed by atoms with van der Waals surface area (Å²) in [6, 6.07) is 3.87. The maximum absolute atomic E-state index is 13.9. The fourth-order valence-electron chi connectivity index (χ4n) is 3.26. The van der Waals surface area contributed by atoms with Crippen LogP contribution >= 0.6 is 11.6 Å². The van der Waals surface area contributed by atoms with Crippen LogP contribution in [-0.2, 0) is 11.3 Å². The Hall–Kier alpha value is -1.62. The second-order valence-corrected chi connectivity index (χ2v) is 6.69. The Labute approximate surface area is 133 Å². The minimum Gasteiger partial charge on any atom is -0.323 e. The van der Waals surface area contributed by atoms with Gasteiger partial charge in [0.1, 0.15) is 11.4 Å².